The van der Waals surface area contributed by atoms with Gasteiger partial charge in [-0.15, -0.1) is 0 Å². The number of alkyl halides is 3. The van der Waals surface area contributed by atoms with Crippen molar-refractivity contribution in [1.29, 1.82) is 0 Å². The van der Waals surface area contributed by atoms with Gasteiger partial charge in [0.2, 0.25) is 5.91 Å². The van der Waals surface area contributed by atoms with Crippen LogP contribution in [0.5, 0.6) is 0 Å². The number of aromatic nitrogens is 2. The van der Waals surface area contributed by atoms with Crippen LogP contribution in [0.4, 0.5) is 13.2 Å². The molecule has 0 spiro atoms. The largest absolute Gasteiger partial charge is 0.405 e. The summed E-state index contributed by atoms with van der Waals surface area (Å²) in [7, 11) is 0. The van der Waals surface area contributed by atoms with Crippen LogP contribution >= 0.6 is 23.2 Å². The van der Waals surface area contributed by atoms with Crippen LogP contribution in [-0.4, -0.2) is 34.5 Å². The van der Waals surface area contributed by atoms with Crippen LogP contribution in [0.3, 0.4) is 0 Å². The molecule has 2 aromatic carbocycles. The maximum Gasteiger partial charge on any atom is 0.405 e. The third-order valence-corrected chi connectivity index (χ3v) is 6.67. The van der Waals surface area contributed by atoms with E-state index in [1.807, 2.05) is 42.1 Å². The number of carbonyl (C=O) groups is 1. The number of carbonyl (C=O) groups excluding carboxylic acids is 1. The van der Waals surface area contributed by atoms with Gasteiger partial charge in [0.25, 0.3) is 0 Å². The minimum Gasteiger partial charge on any atom is -0.352 e. The number of hydrogen-bond donors (Lipinski definition) is 3. The number of hydrazine groups is 1. The van der Waals surface area contributed by atoms with Crippen LogP contribution in [0, 0.1) is 12.8 Å². The summed E-state index contributed by atoms with van der Waals surface area (Å²) < 4.78 is 40.9. The van der Waals surface area contributed by atoms with Gasteiger partial charge in [-0.25, -0.2) is 5.43 Å². The summed E-state index contributed by atoms with van der Waals surface area (Å²) in [5.74, 6) is -1.86. The predicted octanol–water partition coefficient (Wildman–Crippen LogP) is 4.41. The number of aryl methyl sites for hydroxylation is 1. The van der Waals surface area contributed by atoms with Gasteiger partial charge in [-0.3, -0.25) is 14.9 Å². The van der Waals surface area contributed by atoms with Crippen molar-refractivity contribution in [1.82, 2.24) is 25.9 Å². The minimum atomic E-state index is -4.50. The molecular weight excluding hydrogens is 502 g/mol. The molecule has 1 saturated heterocycles. The highest BCUT2D eigenvalue weighted by Gasteiger charge is 2.50. The Labute approximate surface area is 210 Å². The summed E-state index contributed by atoms with van der Waals surface area (Å²) in [4.78, 5) is 12.3. The Morgan fingerprint density at radius 2 is 1.80 bits per heavy atom. The topological polar surface area (TPSA) is 71.0 Å². The van der Waals surface area contributed by atoms with Crippen LogP contribution < -0.4 is 16.2 Å². The first-order chi connectivity index (χ1) is 16.6. The summed E-state index contributed by atoms with van der Waals surface area (Å²) >= 11 is 12.5. The molecule has 1 fully saturated rings. The second-order valence-electron chi connectivity index (χ2n) is 8.52. The molecule has 4 rings (SSSR count). The molecule has 1 amide bonds. The van der Waals surface area contributed by atoms with Crippen LogP contribution in [0.15, 0.2) is 48.7 Å². The number of rotatable bonds is 7. The van der Waals surface area contributed by atoms with E-state index in [4.69, 9.17) is 23.2 Å². The number of nitrogens with zero attached hydrogens (tertiary/aromatic N) is 2. The molecule has 0 bridgehead atoms. The van der Waals surface area contributed by atoms with E-state index < -0.39 is 24.0 Å². The van der Waals surface area contributed by atoms with Gasteiger partial charge in [0.05, 0.1) is 18.2 Å². The summed E-state index contributed by atoms with van der Waals surface area (Å²) in [6.45, 7) is 2.51. The van der Waals surface area contributed by atoms with E-state index in [0.717, 1.165) is 27.9 Å². The fraction of sp³-hybridized carbons (Fsp3) is 0.333. The van der Waals surface area contributed by atoms with Crippen molar-refractivity contribution in [2.24, 2.45) is 5.92 Å². The lowest BCUT2D eigenvalue weighted by atomic mass is 10.0. The molecule has 3 N–H and O–H groups in total. The van der Waals surface area contributed by atoms with Gasteiger partial charge < -0.3 is 5.32 Å². The Morgan fingerprint density at radius 1 is 1.14 bits per heavy atom. The van der Waals surface area contributed by atoms with Crippen molar-refractivity contribution in [2.45, 2.75) is 38.7 Å². The molecule has 35 heavy (non-hydrogen) atoms. The predicted molar refractivity (Wildman–Crippen MR) is 128 cm³/mol. The lowest BCUT2D eigenvalue weighted by Crippen LogP contribution is -2.48. The van der Waals surface area contributed by atoms with Crippen molar-refractivity contribution in [3.8, 4) is 0 Å². The van der Waals surface area contributed by atoms with Gasteiger partial charge in [-0.2, -0.15) is 18.3 Å². The van der Waals surface area contributed by atoms with E-state index in [-0.39, 0.29) is 13.1 Å². The summed E-state index contributed by atoms with van der Waals surface area (Å²) in [6, 6.07) is 11.0. The van der Waals surface area contributed by atoms with Gasteiger partial charge in [0, 0.05) is 41.3 Å². The first-order valence-corrected chi connectivity index (χ1v) is 11.7. The van der Waals surface area contributed by atoms with Crippen molar-refractivity contribution in [3.63, 3.8) is 0 Å². The van der Waals surface area contributed by atoms with E-state index in [0.29, 0.717) is 23.0 Å². The molecule has 186 valence electrons. The Bertz CT molecular complexity index is 1180. The third kappa shape index (κ3) is 6.16. The van der Waals surface area contributed by atoms with Crippen molar-refractivity contribution < 1.29 is 18.0 Å². The molecule has 2 heterocycles. The quantitative estimate of drug-likeness (QED) is 0.427. The molecule has 6 nitrogen and oxygen atoms in total. The van der Waals surface area contributed by atoms with Crippen molar-refractivity contribution in [2.75, 3.05) is 6.54 Å². The van der Waals surface area contributed by atoms with Crippen LogP contribution in [0.25, 0.3) is 0 Å². The van der Waals surface area contributed by atoms with E-state index >= 15 is 0 Å². The Morgan fingerprint density at radius 3 is 2.46 bits per heavy atom. The molecular formula is C24H24Cl2F3N5O. The molecule has 1 aliphatic rings. The van der Waals surface area contributed by atoms with Crippen LogP contribution in [-0.2, 0) is 24.3 Å². The fourth-order valence-corrected chi connectivity index (χ4v) is 4.52. The first kappa shape index (κ1) is 25.5. The van der Waals surface area contributed by atoms with Gasteiger partial charge in [-0.05, 0) is 35.7 Å². The van der Waals surface area contributed by atoms with E-state index in [2.05, 4.69) is 21.3 Å². The highest BCUT2D eigenvalue weighted by Crippen LogP contribution is 2.28. The van der Waals surface area contributed by atoms with Crippen molar-refractivity contribution in [3.05, 3.63) is 86.7 Å². The molecule has 2 atom stereocenters. The first-order valence-electron chi connectivity index (χ1n) is 11.0. The number of nitrogens with one attached hydrogen (secondary N) is 3. The lowest BCUT2D eigenvalue weighted by molar-refractivity contribution is -0.166. The fourth-order valence-electron chi connectivity index (χ4n) is 4.00. The van der Waals surface area contributed by atoms with Gasteiger partial charge >= 0.3 is 6.18 Å². The standard InChI is InChI=1S/C24H24Cl2F3N5O/c1-14-12-34(13-18-19(25)3-2-4-20(18)26)33-21(14)9-15-5-7-16(8-6-15)10-30-23(35)17-11-31-32-22(17)24(27,28)29/h2-8,12,17,22,31-32H,9-11,13H2,1H3,(H,30,35). The zero-order valence-electron chi connectivity index (χ0n) is 18.8. The van der Waals surface area contributed by atoms with E-state index in [9.17, 15) is 18.0 Å². The maximum atomic E-state index is 13.0. The maximum absolute atomic E-state index is 13.0. The van der Waals surface area contributed by atoms with Crippen LogP contribution in [0.2, 0.25) is 10.0 Å². The summed E-state index contributed by atoms with van der Waals surface area (Å²) in [6.07, 6.45) is -1.95. The number of hydrogen-bond acceptors (Lipinski definition) is 4. The highest BCUT2D eigenvalue weighted by molar-refractivity contribution is 6.35. The molecule has 1 aliphatic heterocycles. The molecule has 2 unspecified atom stereocenters. The highest BCUT2D eigenvalue weighted by atomic mass is 35.5. The minimum absolute atomic E-state index is 0.0797. The second-order valence-corrected chi connectivity index (χ2v) is 9.33. The molecule has 0 aliphatic carbocycles. The molecule has 0 saturated carbocycles. The summed E-state index contributed by atoms with van der Waals surface area (Å²) in [5.41, 5.74) is 9.10. The average molecular weight is 526 g/mol. The SMILES string of the molecule is Cc1cn(Cc2c(Cl)cccc2Cl)nc1Cc1ccc(CNC(=O)C2CNNC2C(F)(F)F)cc1. The Hall–Kier alpha value is -2.59. The van der Waals surface area contributed by atoms with E-state index in [1.54, 1.807) is 18.2 Å². The van der Waals surface area contributed by atoms with Gasteiger partial charge in [0.15, 0.2) is 0 Å². The van der Waals surface area contributed by atoms with E-state index in [1.165, 1.54) is 0 Å². The number of amides is 1. The number of benzene rings is 2. The molecule has 0 radical (unpaired) electrons. The van der Waals surface area contributed by atoms with Gasteiger partial charge in [0.1, 0.15) is 6.04 Å². The lowest BCUT2D eigenvalue weighted by Gasteiger charge is -2.20. The number of halogens is 5. The Balaban J connectivity index is 1.35. The van der Waals surface area contributed by atoms with Gasteiger partial charge in [-0.1, -0.05) is 53.5 Å². The average Bonchev–Trinajstić information content (AvgIpc) is 3.43. The second kappa shape index (κ2) is 10.6. The monoisotopic (exact) mass is 525 g/mol. The normalized spacial score (nSPS) is 18.1. The molecule has 3 aromatic rings. The van der Waals surface area contributed by atoms with Crippen molar-refractivity contribution >= 4 is 29.1 Å². The smallest absolute Gasteiger partial charge is 0.352 e. The molecule has 1 aromatic heterocycles. The molecule has 11 heteroatoms. The zero-order valence-corrected chi connectivity index (χ0v) is 20.3. The third-order valence-electron chi connectivity index (χ3n) is 5.96. The zero-order chi connectivity index (χ0) is 25.2. The van der Waals surface area contributed by atoms with Crippen LogP contribution in [0.1, 0.15) is 27.9 Å². The Kier molecular flexibility index (Phi) is 7.70. The summed E-state index contributed by atoms with van der Waals surface area (Å²) in [5, 5.41) is 8.45.